The van der Waals surface area contributed by atoms with Gasteiger partial charge in [0.1, 0.15) is 5.82 Å². The number of nitrogens with one attached hydrogen (secondary N) is 1. The highest BCUT2D eigenvalue weighted by molar-refractivity contribution is 6.31. The SMILES string of the molecule is CNCc1ccc(-c2ccc(F)c(Cl)c2)cc1. The molecule has 0 amide bonds. The second-order valence-electron chi connectivity index (χ2n) is 3.86. The number of hydrogen-bond donors (Lipinski definition) is 1. The molecular weight excluding hydrogens is 237 g/mol. The molecule has 0 radical (unpaired) electrons. The van der Waals surface area contributed by atoms with E-state index in [9.17, 15) is 4.39 Å². The zero-order valence-corrected chi connectivity index (χ0v) is 10.3. The smallest absolute Gasteiger partial charge is 0.141 e. The zero-order valence-electron chi connectivity index (χ0n) is 9.50. The fourth-order valence-corrected chi connectivity index (χ4v) is 1.88. The van der Waals surface area contributed by atoms with E-state index in [2.05, 4.69) is 5.32 Å². The lowest BCUT2D eigenvalue weighted by Crippen LogP contribution is -2.04. The zero-order chi connectivity index (χ0) is 12.3. The van der Waals surface area contributed by atoms with Crippen molar-refractivity contribution in [1.29, 1.82) is 0 Å². The molecule has 0 unspecified atom stereocenters. The molecule has 3 heteroatoms. The molecule has 0 aliphatic carbocycles. The van der Waals surface area contributed by atoms with Gasteiger partial charge >= 0.3 is 0 Å². The quantitative estimate of drug-likeness (QED) is 0.871. The van der Waals surface area contributed by atoms with Crippen molar-refractivity contribution in [1.82, 2.24) is 5.32 Å². The minimum atomic E-state index is -0.387. The predicted molar refractivity (Wildman–Crippen MR) is 69.6 cm³/mol. The van der Waals surface area contributed by atoms with Crippen molar-refractivity contribution in [3.63, 3.8) is 0 Å². The van der Waals surface area contributed by atoms with Crippen molar-refractivity contribution >= 4 is 11.6 Å². The van der Waals surface area contributed by atoms with Gasteiger partial charge < -0.3 is 5.32 Å². The molecule has 0 saturated carbocycles. The molecule has 0 aliphatic heterocycles. The van der Waals surface area contributed by atoms with Gasteiger partial charge in [-0.25, -0.2) is 4.39 Å². The Morgan fingerprint density at radius 3 is 2.29 bits per heavy atom. The van der Waals surface area contributed by atoms with E-state index in [0.717, 1.165) is 17.7 Å². The molecule has 0 bridgehead atoms. The second kappa shape index (κ2) is 5.30. The van der Waals surface area contributed by atoms with E-state index in [4.69, 9.17) is 11.6 Å². The van der Waals surface area contributed by atoms with Gasteiger partial charge in [-0.2, -0.15) is 0 Å². The number of rotatable bonds is 3. The highest BCUT2D eigenvalue weighted by Crippen LogP contribution is 2.25. The third-order valence-corrected chi connectivity index (χ3v) is 2.88. The second-order valence-corrected chi connectivity index (χ2v) is 4.26. The number of benzene rings is 2. The molecule has 0 heterocycles. The molecule has 0 fully saturated rings. The van der Waals surface area contributed by atoms with E-state index in [1.807, 2.05) is 31.3 Å². The maximum absolute atomic E-state index is 13.0. The van der Waals surface area contributed by atoms with Crippen molar-refractivity contribution in [2.75, 3.05) is 7.05 Å². The minimum Gasteiger partial charge on any atom is -0.316 e. The van der Waals surface area contributed by atoms with Crippen molar-refractivity contribution in [2.24, 2.45) is 0 Å². The monoisotopic (exact) mass is 249 g/mol. The van der Waals surface area contributed by atoms with Crippen LogP contribution in [0.2, 0.25) is 5.02 Å². The average Bonchev–Trinajstić information content (AvgIpc) is 2.34. The molecule has 0 saturated heterocycles. The summed E-state index contributed by atoms with van der Waals surface area (Å²) in [6.07, 6.45) is 0. The summed E-state index contributed by atoms with van der Waals surface area (Å²) in [6, 6.07) is 12.9. The molecule has 2 aromatic carbocycles. The first-order valence-corrected chi connectivity index (χ1v) is 5.77. The molecule has 0 spiro atoms. The van der Waals surface area contributed by atoms with Crippen LogP contribution in [0.15, 0.2) is 42.5 Å². The summed E-state index contributed by atoms with van der Waals surface area (Å²) >= 11 is 5.76. The van der Waals surface area contributed by atoms with E-state index in [0.29, 0.717) is 0 Å². The van der Waals surface area contributed by atoms with Gasteiger partial charge in [0.25, 0.3) is 0 Å². The highest BCUT2D eigenvalue weighted by atomic mass is 35.5. The minimum absolute atomic E-state index is 0.154. The Hall–Kier alpha value is -1.38. The van der Waals surface area contributed by atoms with Gasteiger partial charge in [-0.3, -0.25) is 0 Å². The molecule has 0 aliphatic rings. The molecule has 1 nitrogen and oxygen atoms in total. The van der Waals surface area contributed by atoms with Gasteiger partial charge in [0.15, 0.2) is 0 Å². The maximum atomic E-state index is 13.0. The first-order valence-electron chi connectivity index (χ1n) is 5.39. The van der Waals surface area contributed by atoms with E-state index < -0.39 is 0 Å². The van der Waals surface area contributed by atoms with Crippen molar-refractivity contribution in [3.05, 3.63) is 58.9 Å². The highest BCUT2D eigenvalue weighted by Gasteiger charge is 2.03. The topological polar surface area (TPSA) is 12.0 Å². The van der Waals surface area contributed by atoms with Crippen molar-refractivity contribution < 1.29 is 4.39 Å². The van der Waals surface area contributed by atoms with Crippen molar-refractivity contribution in [2.45, 2.75) is 6.54 Å². The molecule has 17 heavy (non-hydrogen) atoms. The summed E-state index contributed by atoms with van der Waals surface area (Å²) in [5.41, 5.74) is 3.17. The maximum Gasteiger partial charge on any atom is 0.141 e. The molecule has 0 aromatic heterocycles. The van der Waals surface area contributed by atoms with Crippen LogP contribution in [0.4, 0.5) is 4.39 Å². The van der Waals surface area contributed by atoms with Crippen LogP contribution in [0, 0.1) is 5.82 Å². The van der Waals surface area contributed by atoms with Gasteiger partial charge in [-0.05, 0) is 35.9 Å². The average molecular weight is 250 g/mol. The van der Waals surface area contributed by atoms with Crippen molar-refractivity contribution in [3.8, 4) is 11.1 Å². The van der Waals surface area contributed by atoms with Gasteiger partial charge in [0.2, 0.25) is 0 Å². The lowest BCUT2D eigenvalue weighted by Gasteiger charge is -2.05. The molecule has 88 valence electrons. The van der Waals surface area contributed by atoms with Crippen LogP contribution >= 0.6 is 11.6 Å². The summed E-state index contributed by atoms with van der Waals surface area (Å²) in [6.45, 7) is 0.838. The fourth-order valence-electron chi connectivity index (χ4n) is 1.69. The molecule has 2 rings (SSSR count). The molecule has 2 aromatic rings. The standard InChI is InChI=1S/C14H13ClFN/c1-17-9-10-2-4-11(5-3-10)12-6-7-14(16)13(15)8-12/h2-8,17H,9H2,1H3. The van der Waals surface area contributed by atoms with Crippen LogP contribution in [0.25, 0.3) is 11.1 Å². The molecule has 0 atom stereocenters. The summed E-state index contributed by atoms with van der Waals surface area (Å²) < 4.78 is 13.0. The van der Waals surface area contributed by atoms with Crippen LogP contribution in [-0.2, 0) is 6.54 Å². The Morgan fingerprint density at radius 1 is 1.06 bits per heavy atom. The summed E-state index contributed by atoms with van der Waals surface area (Å²) in [7, 11) is 1.91. The first-order chi connectivity index (χ1) is 8.20. The van der Waals surface area contributed by atoms with Crippen LogP contribution in [0.1, 0.15) is 5.56 Å². The van der Waals surface area contributed by atoms with E-state index >= 15 is 0 Å². The molecule has 1 N–H and O–H groups in total. The third-order valence-electron chi connectivity index (χ3n) is 2.59. The Labute approximate surface area is 105 Å². The van der Waals surface area contributed by atoms with E-state index in [1.165, 1.54) is 11.6 Å². The third kappa shape index (κ3) is 2.84. The van der Waals surface area contributed by atoms with Gasteiger partial charge in [0.05, 0.1) is 5.02 Å². The number of halogens is 2. The van der Waals surface area contributed by atoms with Gasteiger partial charge in [0, 0.05) is 6.54 Å². The largest absolute Gasteiger partial charge is 0.316 e. The van der Waals surface area contributed by atoms with Crippen LogP contribution in [-0.4, -0.2) is 7.05 Å². The summed E-state index contributed by atoms with van der Waals surface area (Å²) in [5.74, 6) is -0.387. The Kier molecular flexibility index (Phi) is 3.77. The number of hydrogen-bond acceptors (Lipinski definition) is 1. The lowest BCUT2D eigenvalue weighted by atomic mass is 10.0. The Balaban J connectivity index is 2.30. The Morgan fingerprint density at radius 2 is 1.71 bits per heavy atom. The summed E-state index contributed by atoms with van der Waals surface area (Å²) in [4.78, 5) is 0. The molecular formula is C14H13ClFN. The van der Waals surface area contributed by atoms with Crippen LogP contribution in [0.3, 0.4) is 0 Å². The normalized spacial score (nSPS) is 10.5. The fraction of sp³-hybridized carbons (Fsp3) is 0.143. The lowest BCUT2D eigenvalue weighted by molar-refractivity contribution is 0.628. The first kappa shape index (κ1) is 12.1. The predicted octanol–water partition coefficient (Wildman–Crippen LogP) is 3.87. The van der Waals surface area contributed by atoms with Gasteiger partial charge in [-0.1, -0.05) is 41.9 Å². The van der Waals surface area contributed by atoms with Crippen LogP contribution in [0.5, 0.6) is 0 Å². The Bertz CT molecular complexity index is 508. The summed E-state index contributed by atoms with van der Waals surface area (Å²) in [5, 5.41) is 3.24. The van der Waals surface area contributed by atoms with E-state index in [1.54, 1.807) is 12.1 Å². The van der Waals surface area contributed by atoms with E-state index in [-0.39, 0.29) is 10.8 Å². The van der Waals surface area contributed by atoms with Crippen LogP contribution < -0.4 is 5.32 Å². The van der Waals surface area contributed by atoms with Gasteiger partial charge in [-0.15, -0.1) is 0 Å².